The van der Waals surface area contributed by atoms with Crippen LogP contribution in [0.4, 0.5) is 0 Å². The molecule has 2 N–H and O–H groups in total. The quantitative estimate of drug-likeness (QED) is 0.660. The van der Waals surface area contributed by atoms with E-state index < -0.39 is 0 Å². The topological polar surface area (TPSA) is 71.1 Å². The molecular formula is C23H33N5O3. The zero-order valence-electron chi connectivity index (χ0n) is 18.6. The first-order valence-corrected chi connectivity index (χ1v) is 10.8. The first-order valence-electron chi connectivity index (χ1n) is 10.8. The molecule has 1 aromatic carbocycles. The van der Waals surface area contributed by atoms with Gasteiger partial charge in [0.1, 0.15) is 0 Å². The van der Waals surface area contributed by atoms with Gasteiger partial charge in [-0.2, -0.15) is 0 Å². The van der Waals surface area contributed by atoms with E-state index in [9.17, 15) is 0 Å². The molecule has 2 fully saturated rings. The predicted octanol–water partition coefficient (Wildman–Crippen LogP) is 1.69. The van der Waals surface area contributed by atoms with Crippen molar-refractivity contribution in [2.75, 3.05) is 60.6 Å². The number of hydrazine groups is 1. The van der Waals surface area contributed by atoms with Crippen molar-refractivity contribution in [1.82, 2.24) is 25.6 Å². The van der Waals surface area contributed by atoms with Crippen LogP contribution < -0.4 is 25.1 Å². The number of rotatable bonds is 8. The molecule has 0 radical (unpaired) electrons. The van der Waals surface area contributed by atoms with Gasteiger partial charge >= 0.3 is 0 Å². The highest BCUT2D eigenvalue weighted by Gasteiger charge is 2.32. The Bertz CT molecular complexity index is 817. The third-order valence-electron chi connectivity index (χ3n) is 6.23. The monoisotopic (exact) mass is 427 g/mol. The first kappa shape index (κ1) is 21.8. The molecule has 4 rings (SSSR count). The van der Waals surface area contributed by atoms with E-state index in [2.05, 4.69) is 31.7 Å². The number of aromatic nitrogens is 1. The molecule has 2 aliphatic heterocycles. The summed E-state index contributed by atoms with van der Waals surface area (Å²) in [7, 11) is 4.94. The molecule has 0 amide bonds. The second-order valence-electron chi connectivity index (χ2n) is 8.16. The molecule has 2 aromatic rings. The molecule has 2 saturated heterocycles. The van der Waals surface area contributed by atoms with Gasteiger partial charge in [0.25, 0.3) is 0 Å². The lowest BCUT2D eigenvalue weighted by molar-refractivity contribution is 0.112. The lowest BCUT2D eigenvalue weighted by atomic mass is 9.93. The van der Waals surface area contributed by atoms with Crippen LogP contribution in [0.2, 0.25) is 0 Å². The fourth-order valence-corrected chi connectivity index (χ4v) is 4.55. The lowest BCUT2D eigenvalue weighted by Gasteiger charge is -2.36. The summed E-state index contributed by atoms with van der Waals surface area (Å²) in [6.45, 7) is 7.27. The largest absolute Gasteiger partial charge is 0.493 e. The number of benzene rings is 1. The van der Waals surface area contributed by atoms with Crippen molar-refractivity contribution in [3.63, 3.8) is 0 Å². The summed E-state index contributed by atoms with van der Waals surface area (Å²) in [4.78, 5) is 9.31. The van der Waals surface area contributed by atoms with Crippen molar-refractivity contribution in [3.8, 4) is 17.2 Å². The van der Waals surface area contributed by atoms with E-state index in [4.69, 9.17) is 14.2 Å². The number of nitrogens with one attached hydrogen (secondary N) is 2. The Kier molecular flexibility index (Phi) is 7.24. The smallest absolute Gasteiger partial charge is 0.203 e. The van der Waals surface area contributed by atoms with Gasteiger partial charge in [0.05, 0.1) is 27.4 Å². The van der Waals surface area contributed by atoms with Crippen LogP contribution >= 0.6 is 0 Å². The normalized spacial score (nSPS) is 22.4. The lowest BCUT2D eigenvalue weighted by Crippen LogP contribution is -2.48. The molecule has 168 valence electrons. The average molecular weight is 428 g/mol. The summed E-state index contributed by atoms with van der Waals surface area (Å²) in [6, 6.07) is 8.43. The fourth-order valence-electron chi connectivity index (χ4n) is 4.55. The van der Waals surface area contributed by atoms with E-state index in [1.54, 1.807) is 21.3 Å². The molecule has 2 unspecified atom stereocenters. The van der Waals surface area contributed by atoms with Gasteiger partial charge in [-0.05, 0) is 29.3 Å². The molecule has 2 aliphatic rings. The zero-order chi connectivity index (χ0) is 21.6. The summed E-state index contributed by atoms with van der Waals surface area (Å²) in [6.07, 6.45) is 3.79. The summed E-state index contributed by atoms with van der Waals surface area (Å²) >= 11 is 0. The van der Waals surface area contributed by atoms with E-state index in [-0.39, 0.29) is 6.04 Å². The van der Waals surface area contributed by atoms with Crippen molar-refractivity contribution in [1.29, 1.82) is 0 Å². The molecule has 0 aliphatic carbocycles. The highest BCUT2D eigenvalue weighted by atomic mass is 16.5. The SMILES string of the molecule is COc1cc(C2NNCC2CN2CCN(Cc3cccnc3)CC2)cc(OC)c1OC. The summed E-state index contributed by atoms with van der Waals surface area (Å²) < 4.78 is 16.6. The molecule has 0 saturated carbocycles. The fraction of sp³-hybridized carbons (Fsp3) is 0.522. The third-order valence-corrected chi connectivity index (χ3v) is 6.23. The van der Waals surface area contributed by atoms with Gasteiger partial charge in [-0.3, -0.25) is 15.3 Å². The summed E-state index contributed by atoms with van der Waals surface area (Å²) in [5.41, 5.74) is 9.22. The Hall–Kier alpha value is -2.39. The maximum absolute atomic E-state index is 5.55. The van der Waals surface area contributed by atoms with Gasteiger partial charge in [0.15, 0.2) is 11.5 Å². The molecule has 0 spiro atoms. The standard InChI is InChI=1S/C23H33N5O3/c1-29-20-11-18(12-21(30-2)23(20)31-3)22-19(14-25-26-22)16-28-9-7-27(8-10-28)15-17-5-4-6-24-13-17/h4-6,11-13,19,22,25-26H,7-10,14-16H2,1-3H3. The number of pyridine rings is 1. The van der Waals surface area contributed by atoms with Gasteiger partial charge in [0, 0.05) is 64.1 Å². The van der Waals surface area contributed by atoms with E-state index >= 15 is 0 Å². The number of piperazine rings is 1. The molecule has 8 nitrogen and oxygen atoms in total. The molecule has 3 heterocycles. The van der Waals surface area contributed by atoms with Crippen molar-refractivity contribution < 1.29 is 14.2 Å². The van der Waals surface area contributed by atoms with Crippen molar-refractivity contribution in [2.45, 2.75) is 12.6 Å². The Balaban J connectivity index is 1.37. The van der Waals surface area contributed by atoms with Crippen LogP contribution in [0.3, 0.4) is 0 Å². The molecule has 31 heavy (non-hydrogen) atoms. The second kappa shape index (κ2) is 10.3. The third kappa shape index (κ3) is 5.10. The van der Waals surface area contributed by atoms with Gasteiger partial charge in [-0.1, -0.05) is 6.07 Å². The van der Waals surface area contributed by atoms with E-state index in [1.165, 1.54) is 5.56 Å². The Morgan fingerprint density at radius 2 is 1.71 bits per heavy atom. The van der Waals surface area contributed by atoms with Crippen molar-refractivity contribution in [2.24, 2.45) is 5.92 Å². The minimum absolute atomic E-state index is 0.183. The van der Waals surface area contributed by atoms with Crippen LogP contribution in [0.5, 0.6) is 17.2 Å². The predicted molar refractivity (Wildman–Crippen MR) is 119 cm³/mol. The number of nitrogens with zero attached hydrogens (tertiary/aromatic N) is 3. The van der Waals surface area contributed by atoms with Crippen LogP contribution in [0.15, 0.2) is 36.7 Å². The highest BCUT2D eigenvalue weighted by Crippen LogP contribution is 2.41. The van der Waals surface area contributed by atoms with Gasteiger partial charge in [-0.25, -0.2) is 5.43 Å². The maximum atomic E-state index is 5.55. The molecule has 8 heteroatoms. The Morgan fingerprint density at radius 1 is 1.00 bits per heavy atom. The number of hydrogen-bond donors (Lipinski definition) is 2. The maximum Gasteiger partial charge on any atom is 0.203 e. The van der Waals surface area contributed by atoms with E-state index in [1.807, 2.05) is 30.6 Å². The van der Waals surface area contributed by atoms with Gasteiger partial charge < -0.3 is 19.1 Å². The second-order valence-corrected chi connectivity index (χ2v) is 8.16. The molecule has 1 aromatic heterocycles. The van der Waals surface area contributed by atoms with Crippen LogP contribution in [0.1, 0.15) is 17.2 Å². The Morgan fingerprint density at radius 3 is 2.32 bits per heavy atom. The molecule has 0 bridgehead atoms. The zero-order valence-corrected chi connectivity index (χ0v) is 18.6. The first-order chi connectivity index (χ1) is 15.2. The average Bonchev–Trinajstić information content (AvgIpc) is 3.28. The van der Waals surface area contributed by atoms with Gasteiger partial charge in [0.2, 0.25) is 5.75 Å². The summed E-state index contributed by atoms with van der Waals surface area (Å²) in [5, 5.41) is 0. The summed E-state index contributed by atoms with van der Waals surface area (Å²) in [5.74, 6) is 2.45. The van der Waals surface area contributed by atoms with Crippen LogP contribution in [0.25, 0.3) is 0 Å². The minimum Gasteiger partial charge on any atom is -0.493 e. The number of hydrogen-bond acceptors (Lipinski definition) is 8. The minimum atomic E-state index is 0.183. The number of ether oxygens (including phenoxy) is 3. The Labute approximate surface area is 184 Å². The highest BCUT2D eigenvalue weighted by molar-refractivity contribution is 5.54. The van der Waals surface area contributed by atoms with Crippen molar-refractivity contribution in [3.05, 3.63) is 47.8 Å². The number of methoxy groups -OCH3 is 3. The van der Waals surface area contributed by atoms with Gasteiger partial charge in [-0.15, -0.1) is 0 Å². The van der Waals surface area contributed by atoms with Crippen LogP contribution in [-0.2, 0) is 6.54 Å². The molecular weight excluding hydrogens is 394 g/mol. The van der Waals surface area contributed by atoms with Crippen LogP contribution in [-0.4, -0.2) is 75.4 Å². The van der Waals surface area contributed by atoms with E-state index in [0.717, 1.165) is 51.4 Å². The molecule has 2 atom stereocenters. The van der Waals surface area contributed by atoms with E-state index in [0.29, 0.717) is 23.2 Å². The van der Waals surface area contributed by atoms with Crippen molar-refractivity contribution >= 4 is 0 Å². The van der Waals surface area contributed by atoms with Crippen LogP contribution in [0, 0.1) is 5.92 Å².